The van der Waals surface area contributed by atoms with Crippen molar-refractivity contribution in [2.75, 3.05) is 12.8 Å². The van der Waals surface area contributed by atoms with E-state index in [9.17, 15) is 0 Å². The second-order valence-electron chi connectivity index (χ2n) is 5.43. The Morgan fingerprint density at radius 2 is 2.25 bits per heavy atom. The van der Waals surface area contributed by atoms with Crippen molar-refractivity contribution >= 4 is 5.69 Å². The molecule has 1 aliphatic rings. The number of benzene rings is 1. The fourth-order valence-corrected chi connectivity index (χ4v) is 2.50. The smallest absolute Gasteiger partial charge is 0.186 e. The first kappa shape index (κ1) is 12.9. The lowest BCUT2D eigenvalue weighted by atomic mass is 10.1. The SMILES string of the molecule is COc1cc(N)ccc1-c1nnnn1C(C)CC1CC1. The van der Waals surface area contributed by atoms with Gasteiger partial charge in [0.05, 0.1) is 18.7 Å². The summed E-state index contributed by atoms with van der Waals surface area (Å²) in [5.41, 5.74) is 7.32. The summed E-state index contributed by atoms with van der Waals surface area (Å²) in [7, 11) is 1.63. The van der Waals surface area contributed by atoms with Crippen LogP contribution in [0, 0.1) is 5.92 Å². The molecule has 1 heterocycles. The number of tetrazole rings is 1. The molecule has 1 atom stereocenters. The van der Waals surface area contributed by atoms with Crippen LogP contribution in [0.2, 0.25) is 0 Å². The first-order chi connectivity index (χ1) is 9.69. The Balaban J connectivity index is 1.95. The number of methoxy groups -OCH3 is 1. The third-order valence-corrected chi connectivity index (χ3v) is 3.75. The highest BCUT2D eigenvalue weighted by Gasteiger charge is 2.26. The second-order valence-corrected chi connectivity index (χ2v) is 5.43. The van der Waals surface area contributed by atoms with Crippen molar-refractivity contribution in [1.29, 1.82) is 0 Å². The molecule has 0 aliphatic heterocycles. The molecule has 1 aliphatic carbocycles. The number of rotatable bonds is 5. The molecule has 106 valence electrons. The molecule has 2 N–H and O–H groups in total. The molecule has 1 fully saturated rings. The van der Waals surface area contributed by atoms with Gasteiger partial charge in [0.2, 0.25) is 0 Å². The summed E-state index contributed by atoms with van der Waals surface area (Å²) in [5.74, 6) is 2.25. The van der Waals surface area contributed by atoms with Gasteiger partial charge < -0.3 is 10.5 Å². The quantitative estimate of drug-likeness (QED) is 0.845. The first-order valence-corrected chi connectivity index (χ1v) is 6.90. The molecule has 6 nitrogen and oxygen atoms in total. The minimum atomic E-state index is 0.287. The van der Waals surface area contributed by atoms with Crippen LogP contribution in [0.3, 0.4) is 0 Å². The number of anilines is 1. The van der Waals surface area contributed by atoms with Crippen molar-refractivity contribution in [2.45, 2.75) is 32.2 Å². The highest BCUT2D eigenvalue weighted by molar-refractivity contribution is 5.67. The maximum Gasteiger partial charge on any atom is 0.186 e. The van der Waals surface area contributed by atoms with Gasteiger partial charge in [0.1, 0.15) is 5.75 Å². The van der Waals surface area contributed by atoms with Crippen LogP contribution in [-0.4, -0.2) is 27.3 Å². The topological polar surface area (TPSA) is 78.8 Å². The molecular weight excluding hydrogens is 254 g/mol. The van der Waals surface area contributed by atoms with Crippen LogP contribution in [0.1, 0.15) is 32.2 Å². The maximum atomic E-state index is 5.79. The van der Waals surface area contributed by atoms with Crippen molar-refractivity contribution < 1.29 is 4.74 Å². The molecule has 1 aromatic carbocycles. The first-order valence-electron chi connectivity index (χ1n) is 6.90. The van der Waals surface area contributed by atoms with E-state index < -0.39 is 0 Å². The monoisotopic (exact) mass is 273 g/mol. The van der Waals surface area contributed by atoms with Gasteiger partial charge in [-0.25, -0.2) is 4.68 Å². The minimum Gasteiger partial charge on any atom is -0.496 e. The van der Waals surface area contributed by atoms with E-state index in [1.165, 1.54) is 12.8 Å². The van der Waals surface area contributed by atoms with E-state index >= 15 is 0 Å². The highest BCUT2D eigenvalue weighted by atomic mass is 16.5. The number of aromatic nitrogens is 4. The predicted molar refractivity (Wildman–Crippen MR) is 76.3 cm³/mol. The maximum absolute atomic E-state index is 5.79. The van der Waals surface area contributed by atoms with Crippen molar-refractivity contribution in [3.63, 3.8) is 0 Å². The summed E-state index contributed by atoms with van der Waals surface area (Å²) in [6, 6.07) is 5.82. The van der Waals surface area contributed by atoms with E-state index in [2.05, 4.69) is 22.4 Å². The molecule has 1 unspecified atom stereocenters. The molecule has 1 aromatic heterocycles. The van der Waals surface area contributed by atoms with Crippen LogP contribution in [0.5, 0.6) is 5.75 Å². The molecule has 0 radical (unpaired) electrons. The molecule has 1 saturated carbocycles. The van der Waals surface area contributed by atoms with Crippen molar-refractivity contribution in [3.05, 3.63) is 18.2 Å². The molecular formula is C14H19N5O. The van der Waals surface area contributed by atoms with Crippen LogP contribution >= 0.6 is 0 Å². The number of ether oxygens (including phenoxy) is 1. The van der Waals surface area contributed by atoms with E-state index in [1.54, 1.807) is 13.2 Å². The van der Waals surface area contributed by atoms with Gasteiger partial charge in [0.25, 0.3) is 0 Å². The molecule has 0 spiro atoms. The van der Waals surface area contributed by atoms with Crippen LogP contribution in [0.4, 0.5) is 5.69 Å². The summed E-state index contributed by atoms with van der Waals surface area (Å²) >= 11 is 0. The van der Waals surface area contributed by atoms with Gasteiger partial charge in [-0.1, -0.05) is 12.8 Å². The van der Waals surface area contributed by atoms with E-state index in [1.807, 2.05) is 16.8 Å². The zero-order chi connectivity index (χ0) is 14.1. The zero-order valence-corrected chi connectivity index (χ0v) is 11.8. The standard InChI is InChI=1S/C14H19N5O/c1-9(7-10-3-4-10)19-14(16-17-18-19)12-6-5-11(15)8-13(12)20-2/h5-6,8-10H,3-4,7,15H2,1-2H3. The number of nitrogens with zero attached hydrogens (tertiary/aromatic N) is 4. The molecule has 0 bridgehead atoms. The average molecular weight is 273 g/mol. The Labute approximate surface area is 117 Å². The van der Waals surface area contributed by atoms with Gasteiger partial charge in [0.15, 0.2) is 5.82 Å². The molecule has 0 amide bonds. The molecule has 3 rings (SSSR count). The second kappa shape index (κ2) is 5.11. The summed E-state index contributed by atoms with van der Waals surface area (Å²) in [6.07, 6.45) is 3.77. The fraction of sp³-hybridized carbons (Fsp3) is 0.500. The van der Waals surface area contributed by atoms with Crippen LogP contribution in [0.15, 0.2) is 18.2 Å². The number of nitrogens with two attached hydrogens (primary N) is 1. The Kier molecular flexibility index (Phi) is 3.30. The zero-order valence-electron chi connectivity index (χ0n) is 11.8. The van der Waals surface area contributed by atoms with E-state index in [4.69, 9.17) is 10.5 Å². The summed E-state index contributed by atoms with van der Waals surface area (Å²) in [4.78, 5) is 0. The van der Waals surface area contributed by atoms with Crippen LogP contribution in [0.25, 0.3) is 11.4 Å². The van der Waals surface area contributed by atoms with E-state index in [-0.39, 0.29) is 6.04 Å². The number of hydrogen-bond donors (Lipinski definition) is 1. The van der Waals surface area contributed by atoms with Gasteiger partial charge in [-0.05, 0) is 41.8 Å². The van der Waals surface area contributed by atoms with Gasteiger partial charge in [-0.15, -0.1) is 5.10 Å². The molecule has 0 saturated heterocycles. The van der Waals surface area contributed by atoms with E-state index in [0.717, 1.165) is 23.7 Å². The Morgan fingerprint density at radius 3 is 2.95 bits per heavy atom. The van der Waals surface area contributed by atoms with Gasteiger partial charge >= 0.3 is 0 Å². The van der Waals surface area contributed by atoms with Gasteiger partial charge in [-0.2, -0.15) is 0 Å². The average Bonchev–Trinajstić information content (AvgIpc) is 3.12. The number of hydrogen-bond acceptors (Lipinski definition) is 5. The normalized spacial score (nSPS) is 16.1. The number of nitrogen functional groups attached to an aromatic ring is 1. The van der Waals surface area contributed by atoms with Crippen molar-refractivity contribution in [1.82, 2.24) is 20.2 Å². The van der Waals surface area contributed by atoms with Gasteiger partial charge in [0, 0.05) is 11.8 Å². The van der Waals surface area contributed by atoms with Crippen molar-refractivity contribution in [2.24, 2.45) is 5.92 Å². The molecule has 2 aromatic rings. The lowest BCUT2D eigenvalue weighted by Gasteiger charge is -2.14. The molecule has 6 heteroatoms. The fourth-order valence-electron chi connectivity index (χ4n) is 2.50. The van der Waals surface area contributed by atoms with Crippen LogP contribution in [-0.2, 0) is 0 Å². The summed E-state index contributed by atoms with van der Waals surface area (Å²) < 4.78 is 7.27. The summed E-state index contributed by atoms with van der Waals surface area (Å²) in [5, 5.41) is 12.1. The Morgan fingerprint density at radius 1 is 1.45 bits per heavy atom. The Hall–Kier alpha value is -2.11. The summed E-state index contributed by atoms with van der Waals surface area (Å²) in [6.45, 7) is 2.15. The minimum absolute atomic E-state index is 0.287. The predicted octanol–water partition coefficient (Wildman–Crippen LogP) is 2.29. The lowest BCUT2D eigenvalue weighted by molar-refractivity contribution is 0.412. The third kappa shape index (κ3) is 2.45. The third-order valence-electron chi connectivity index (χ3n) is 3.75. The van der Waals surface area contributed by atoms with E-state index in [0.29, 0.717) is 11.4 Å². The highest BCUT2D eigenvalue weighted by Crippen LogP contribution is 2.38. The lowest BCUT2D eigenvalue weighted by Crippen LogP contribution is -2.10. The van der Waals surface area contributed by atoms with Gasteiger partial charge in [-0.3, -0.25) is 0 Å². The molecule has 20 heavy (non-hydrogen) atoms. The van der Waals surface area contributed by atoms with Crippen LogP contribution < -0.4 is 10.5 Å². The Bertz CT molecular complexity index is 605. The largest absolute Gasteiger partial charge is 0.496 e. The van der Waals surface area contributed by atoms with Crippen molar-refractivity contribution in [3.8, 4) is 17.1 Å².